The van der Waals surface area contributed by atoms with E-state index >= 15 is 0 Å². The third-order valence-electron chi connectivity index (χ3n) is 2.02. The van der Waals surface area contributed by atoms with Crippen molar-refractivity contribution < 1.29 is 14.7 Å². The van der Waals surface area contributed by atoms with Crippen molar-refractivity contribution in [2.75, 3.05) is 0 Å². The van der Waals surface area contributed by atoms with Crippen molar-refractivity contribution in [2.45, 2.75) is 19.4 Å². The maximum atomic E-state index is 10.4. The first-order chi connectivity index (χ1) is 7.65. The Kier molecular flexibility index (Phi) is 5.14. The Morgan fingerprint density at radius 1 is 1.12 bits per heavy atom. The summed E-state index contributed by atoms with van der Waals surface area (Å²) >= 11 is 2.80. The zero-order chi connectivity index (χ0) is 12.0. The van der Waals surface area contributed by atoms with Crippen LogP contribution in [0.2, 0.25) is 0 Å². The Bertz CT molecular complexity index is 351. The summed E-state index contributed by atoms with van der Waals surface area (Å²) in [5, 5.41) is 8.54. The largest absolute Gasteiger partial charge is 0.392 e. The first-order valence-corrected chi connectivity index (χ1v) is 5.52. The van der Waals surface area contributed by atoms with Crippen molar-refractivity contribution in [1.82, 2.24) is 3.93 Å². The molecule has 0 spiro atoms. The Morgan fingerprint density at radius 3 is 1.88 bits per heavy atom. The van der Waals surface area contributed by atoms with Gasteiger partial charge in [0.25, 0.3) is 0 Å². The smallest absolute Gasteiger partial charge is 0.239 e. The number of imide groups is 1. The number of aliphatic hydroxyl groups is 1. The minimum Gasteiger partial charge on any atom is -0.392 e. The molecule has 4 nitrogen and oxygen atoms in total. The normalized spacial score (nSPS) is 14.8. The molecule has 86 valence electrons. The van der Waals surface area contributed by atoms with Crippen molar-refractivity contribution in [3.63, 3.8) is 0 Å². The molecule has 1 aromatic rings. The van der Waals surface area contributed by atoms with E-state index in [0.29, 0.717) is 12.8 Å². The second-order valence-electron chi connectivity index (χ2n) is 3.21. The Labute approximate surface area is 102 Å². The second kappa shape index (κ2) is 6.40. The molecule has 0 unspecified atom stereocenters. The Morgan fingerprint density at radius 2 is 1.62 bits per heavy atom. The summed E-state index contributed by atoms with van der Waals surface area (Å²) in [4.78, 5) is 20.9. The SMILES string of the molecule is O=C1CCC(=O)N1Br.OCc1ccccc1. The lowest BCUT2D eigenvalue weighted by Crippen LogP contribution is -2.16. The summed E-state index contributed by atoms with van der Waals surface area (Å²) < 4.78 is 0.979. The van der Waals surface area contributed by atoms with Gasteiger partial charge in [-0.25, -0.2) is 3.93 Å². The van der Waals surface area contributed by atoms with Crippen LogP contribution in [-0.4, -0.2) is 20.8 Å². The molecule has 0 saturated carbocycles. The van der Waals surface area contributed by atoms with Crippen molar-refractivity contribution in [2.24, 2.45) is 0 Å². The molecule has 1 N–H and O–H groups in total. The fourth-order valence-corrected chi connectivity index (χ4v) is 1.49. The van der Waals surface area contributed by atoms with E-state index in [1.165, 1.54) is 0 Å². The highest BCUT2D eigenvalue weighted by Crippen LogP contribution is 2.14. The average Bonchev–Trinajstić information content (AvgIpc) is 2.62. The number of carbonyl (C=O) groups excluding carboxylic acids is 2. The molecule has 0 aliphatic carbocycles. The van der Waals surface area contributed by atoms with E-state index < -0.39 is 0 Å². The van der Waals surface area contributed by atoms with E-state index in [4.69, 9.17) is 5.11 Å². The third-order valence-corrected chi connectivity index (χ3v) is 2.81. The predicted octanol–water partition coefficient (Wildman–Crippen LogP) is 1.62. The first kappa shape index (κ1) is 12.9. The van der Waals surface area contributed by atoms with Gasteiger partial charge in [-0.05, 0) is 5.56 Å². The number of amides is 2. The average molecular weight is 286 g/mol. The molecule has 0 bridgehead atoms. The molecular weight excluding hydrogens is 274 g/mol. The quantitative estimate of drug-likeness (QED) is 0.630. The van der Waals surface area contributed by atoms with Gasteiger partial charge in [-0.15, -0.1) is 0 Å². The van der Waals surface area contributed by atoms with Crippen LogP contribution in [0.4, 0.5) is 0 Å². The zero-order valence-corrected chi connectivity index (χ0v) is 10.2. The van der Waals surface area contributed by atoms with E-state index in [1.54, 1.807) is 0 Å². The zero-order valence-electron chi connectivity index (χ0n) is 8.60. The number of halogens is 1. The lowest BCUT2D eigenvalue weighted by Gasteiger charge is -1.97. The van der Waals surface area contributed by atoms with Gasteiger partial charge in [0.1, 0.15) is 0 Å². The fraction of sp³-hybridized carbons (Fsp3) is 0.273. The van der Waals surface area contributed by atoms with Gasteiger partial charge in [0.2, 0.25) is 11.8 Å². The van der Waals surface area contributed by atoms with Gasteiger partial charge >= 0.3 is 0 Å². The molecule has 1 saturated heterocycles. The van der Waals surface area contributed by atoms with Crippen LogP contribution in [0.5, 0.6) is 0 Å². The molecule has 1 fully saturated rings. The van der Waals surface area contributed by atoms with Crippen LogP contribution in [-0.2, 0) is 16.2 Å². The molecule has 1 heterocycles. The minimum atomic E-state index is -0.144. The van der Waals surface area contributed by atoms with Crippen LogP contribution < -0.4 is 0 Å². The highest BCUT2D eigenvalue weighted by atomic mass is 79.9. The Hall–Kier alpha value is -1.20. The predicted molar refractivity (Wildman–Crippen MR) is 62.4 cm³/mol. The number of aliphatic hydroxyl groups excluding tert-OH is 1. The van der Waals surface area contributed by atoms with Crippen molar-refractivity contribution in [3.8, 4) is 0 Å². The van der Waals surface area contributed by atoms with Crippen LogP contribution in [0.25, 0.3) is 0 Å². The topological polar surface area (TPSA) is 57.6 Å². The number of carbonyl (C=O) groups is 2. The number of benzene rings is 1. The summed E-state index contributed by atoms with van der Waals surface area (Å²) in [5.41, 5.74) is 0.965. The van der Waals surface area contributed by atoms with E-state index in [2.05, 4.69) is 16.1 Å². The molecule has 0 aromatic heterocycles. The number of hydrogen-bond acceptors (Lipinski definition) is 3. The molecule has 0 atom stereocenters. The number of nitrogens with zero attached hydrogens (tertiary/aromatic N) is 1. The summed E-state index contributed by atoms with van der Waals surface area (Å²) in [5.74, 6) is -0.287. The van der Waals surface area contributed by atoms with Gasteiger partial charge in [-0.2, -0.15) is 0 Å². The standard InChI is InChI=1S/C7H8O.C4H4BrNO2/c8-6-7-4-2-1-3-5-7;5-6-3(7)1-2-4(6)8/h1-5,8H,6H2;1-2H2. The van der Waals surface area contributed by atoms with E-state index in [1.807, 2.05) is 30.3 Å². The first-order valence-electron chi connectivity index (χ1n) is 4.81. The van der Waals surface area contributed by atoms with Gasteiger partial charge < -0.3 is 5.11 Å². The summed E-state index contributed by atoms with van der Waals surface area (Å²) in [7, 11) is 0. The van der Waals surface area contributed by atoms with Crippen LogP contribution in [0.3, 0.4) is 0 Å². The van der Waals surface area contributed by atoms with Crippen LogP contribution >= 0.6 is 16.1 Å². The van der Waals surface area contributed by atoms with Crippen molar-refractivity contribution >= 4 is 28.0 Å². The van der Waals surface area contributed by atoms with E-state index in [0.717, 1.165) is 9.49 Å². The van der Waals surface area contributed by atoms with Gasteiger partial charge in [-0.1, -0.05) is 30.3 Å². The van der Waals surface area contributed by atoms with E-state index in [9.17, 15) is 9.59 Å². The Balaban J connectivity index is 0.000000160. The molecule has 1 aliphatic rings. The van der Waals surface area contributed by atoms with Gasteiger partial charge in [0, 0.05) is 12.8 Å². The maximum absolute atomic E-state index is 10.4. The summed E-state index contributed by atoms with van der Waals surface area (Å²) in [6, 6.07) is 9.52. The third kappa shape index (κ3) is 3.75. The molecule has 16 heavy (non-hydrogen) atoms. The number of rotatable bonds is 1. The highest BCUT2D eigenvalue weighted by Gasteiger charge is 2.26. The van der Waals surface area contributed by atoms with Gasteiger partial charge in [-0.3, -0.25) is 9.59 Å². The van der Waals surface area contributed by atoms with Crippen LogP contribution in [0.1, 0.15) is 18.4 Å². The lowest BCUT2D eigenvalue weighted by molar-refractivity contribution is -0.131. The minimum absolute atomic E-state index is 0.140. The highest BCUT2D eigenvalue weighted by molar-refractivity contribution is 9.08. The molecule has 0 radical (unpaired) electrons. The lowest BCUT2D eigenvalue weighted by atomic mass is 10.2. The summed E-state index contributed by atoms with van der Waals surface area (Å²) in [6.45, 7) is 0.140. The summed E-state index contributed by atoms with van der Waals surface area (Å²) in [6.07, 6.45) is 0.703. The molecule has 2 amide bonds. The monoisotopic (exact) mass is 285 g/mol. The number of hydrogen-bond donors (Lipinski definition) is 1. The fourth-order valence-electron chi connectivity index (χ4n) is 1.13. The van der Waals surface area contributed by atoms with Crippen molar-refractivity contribution in [1.29, 1.82) is 0 Å². The molecule has 1 aromatic carbocycles. The maximum Gasteiger partial charge on any atom is 0.239 e. The van der Waals surface area contributed by atoms with Crippen LogP contribution in [0.15, 0.2) is 30.3 Å². The van der Waals surface area contributed by atoms with Crippen LogP contribution in [0, 0.1) is 0 Å². The van der Waals surface area contributed by atoms with Gasteiger partial charge in [0.05, 0.1) is 22.8 Å². The molecule has 5 heteroatoms. The van der Waals surface area contributed by atoms with Gasteiger partial charge in [0.15, 0.2) is 0 Å². The molecule has 2 rings (SSSR count). The molecular formula is C11H12BrNO3. The molecule has 1 aliphatic heterocycles. The van der Waals surface area contributed by atoms with Crippen molar-refractivity contribution in [3.05, 3.63) is 35.9 Å². The van der Waals surface area contributed by atoms with E-state index in [-0.39, 0.29) is 18.4 Å². The second-order valence-corrected chi connectivity index (χ2v) is 3.92.